The van der Waals surface area contributed by atoms with Crippen molar-refractivity contribution in [2.45, 2.75) is 24.8 Å². The Kier molecular flexibility index (Phi) is 6.07. The number of ketones is 1. The zero-order chi connectivity index (χ0) is 20.1. The second-order valence-corrected chi connectivity index (χ2v) is 8.56. The Morgan fingerprint density at radius 3 is 1.93 bits per heavy atom. The van der Waals surface area contributed by atoms with Crippen molar-refractivity contribution in [3.8, 4) is 0 Å². The maximum absolute atomic E-state index is 13.0. The Balaban J connectivity index is 1.96. The quantitative estimate of drug-likeness (QED) is 0.600. The van der Waals surface area contributed by atoms with Crippen molar-refractivity contribution in [2.75, 3.05) is 0 Å². The Morgan fingerprint density at radius 2 is 1.36 bits per heavy atom. The normalized spacial score (nSPS) is 13.6. The average Bonchev–Trinajstić information content (AvgIpc) is 2.72. The highest BCUT2D eigenvalue weighted by atomic mass is 32.2. The summed E-state index contributed by atoms with van der Waals surface area (Å²) in [6.07, 6.45) is 0. The van der Waals surface area contributed by atoms with Crippen LogP contribution in [0.25, 0.3) is 0 Å². The Hall–Kier alpha value is -2.76. The van der Waals surface area contributed by atoms with E-state index >= 15 is 0 Å². The van der Waals surface area contributed by atoms with Crippen molar-refractivity contribution in [3.05, 3.63) is 102 Å². The summed E-state index contributed by atoms with van der Waals surface area (Å²) in [6.45, 7) is 3.65. The van der Waals surface area contributed by atoms with Crippen LogP contribution in [0.3, 0.4) is 0 Å². The van der Waals surface area contributed by atoms with Crippen LogP contribution in [0.5, 0.6) is 0 Å². The number of sulfonamides is 1. The summed E-state index contributed by atoms with van der Waals surface area (Å²) in [7, 11) is -3.79. The molecule has 0 spiro atoms. The molecule has 1 N–H and O–H groups in total. The molecule has 2 atom stereocenters. The van der Waals surface area contributed by atoms with E-state index in [2.05, 4.69) is 4.72 Å². The number of carbonyl (C=O) groups is 1. The summed E-state index contributed by atoms with van der Waals surface area (Å²) in [6, 6.07) is 24.1. The van der Waals surface area contributed by atoms with E-state index in [-0.39, 0.29) is 10.7 Å². The summed E-state index contributed by atoms with van der Waals surface area (Å²) in [5.74, 6) is -0.689. The maximum Gasteiger partial charge on any atom is 0.241 e. The van der Waals surface area contributed by atoms with Crippen molar-refractivity contribution in [1.29, 1.82) is 0 Å². The van der Waals surface area contributed by atoms with Gasteiger partial charge in [0, 0.05) is 11.5 Å². The van der Waals surface area contributed by atoms with E-state index in [1.54, 1.807) is 55.5 Å². The summed E-state index contributed by atoms with van der Waals surface area (Å²) in [5, 5.41) is 0. The Bertz CT molecular complexity index is 1030. The minimum Gasteiger partial charge on any atom is -0.294 e. The van der Waals surface area contributed by atoms with E-state index in [1.807, 2.05) is 43.3 Å². The lowest BCUT2D eigenvalue weighted by Gasteiger charge is -2.25. The van der Waals surface area contributed by atoms with Crippen LogP contribution in [-0.4, -0.2) is 14.2 Å². The Morgan fingerprint density at radius 1 is 0.821 bits per heavy atom. The molecule has 144 valence electrons. The first-order valence-electron chi connectivity index (χ1n) is 9.12. The predicted octanol–water partition coefficient (Wildman–Crippen LogP) is 4.53. The van der Waals surface area contributed by atoms with Gasteiger partial charge in [0.05, 0.1) is 10.9 Å². The number of benzene rings is 3. The fraction of sp³-hybridized carbons (Fsp3) is 0.174. The highest BCUT2D eigenvalue weighted by Crippen LogP contribution is 2.27. The molecular weight excluding hydrogens is 370 g/mol. The molecule has 0 aromatic heterocycles. The van der Waals surface area contributed by atoms with E-state index in [0.717, 1.165) is 11.1 Å². The van der Waals surface area contributed by atoms with E-state index in [0.29, 0.717) is 5.56 Å². The molecule has 0 aliphatic rings. The molecule has 0 bridgehead atoms. The number of hydrogen-bond donors (Lipinski definition) is 1. The zero-order valence-corrected chi connectivity index (χ0v) is 16.7. The molecule has 0 aliphatic heterocycles. The molecule has 5 heteroatoms. The molecule has 0 fully saturated rings. The molecule has 0 aliphatic carbocycles. The number of Topliss-reactive ketones (excluding diaryl/α,β-unsaturated/α-hetero) is 1. The topological polar surface area (TPSA) is 63.2 Å². The van der Waals surface area contributed by atoms with Crippen LogP contribution in [0.1, 0.15) is 34.5 Å². The van der Waals surface area contributed by atoms with Crippen LogP contribution in [0.4, 0.5) is 0 Å². The van der Waals surface area contributed by atoms with Crippen LogP contribution in [0.15, 0.2) is 89.8 Å². The fourth-order valence-electron chi connectivity index (χ4n) is 3.09. The van der Waals surface area contributed by atoms with Crippen molar-refractivity contribution < 1.29 is 13.2 Å². The van der Waals surface area contributed by atoms with Gasteiger partial charge in [-0.1, -0.05) is 85.3 Å². The molecule has 0 saturated heterocycles. The molecular formula is C23H23NO3S. The van der Waals surface area contributed by atoms with E-state index in [4.69, 9.17) is 0 Å². The Labute approximate surface area is 166 Å². The van der Waals surface area contributed by atoms with Gasteiger partial charge in [-0.2, -0.15) is 0 Å². The lowest BCUT2D eigenvalue weighted by molar-refractivity contribution is 0.0908. The van der Waals surface area contributed by atoms with Crippen LogP contribution < -0.4 is 4.72 Å². The molecule has 0 saturated carbocycles. The fourth-order valence-corrected chi connectivity index (χ4v) is 4.39. The molecule has 28 heavy (non-hydrogen) atoms. The third kappa shape index (κ3) is 4.55. The van der Waals surface area contributed by atoms with Gasteiger partial charge in [-0.3, -0.25) is 4.79 Å². The van der Waals surface area contributed by atoms with Gasteiger partial charge in [0.2, 0.25) is 10.0 Å². The predicted molar refractivity (Wildman–Crippen MR) is 111 cm³/mol. The molecule has 3 aromatic rings. The van der Waals surface area contributed by atoms with Gasteiger partial charge in [0.15, 0.2) is 5.78 Å². The number of carbonyl (C=O) groups excluding carboxylic acids is 1. The van der Waals surface area contributed by atoms with Gasteiger partial charge in [-0.05, 0) is 24.6 Å². The summed E-state index contributed by atoms with van der Waals surface area (Å²) >= 11 is 0. The largest absolute Gasteiger partial charge is 0.294 e. The van der Waals surface area contributed by atoms with Gasteiger partial charge in [-0.15, -0.1) is 0 Å². The van der Waals surface area contributed by atoms with Crippen molar-refractivity contribution in [1.82, 2.24) is 4.72 Å². The molecule has 3 aromatic carbocycles. The van der Waals surface area contributed by atoms with Crippen LogP contribution >= 0.6 is 0 Å². The first-order valence-corrected chi connectivity index (χ1v) is 10.6. The molecule has 3 rings (SSSR count). The number of aryl methyl sites for hydroxylation is 1. The summed E-state index contributed by atoms with van der Waals surface area (Å²) in [5.41, 5.74) is 2.28. The number of nitrogens with one attached hydrogen (secondary N) is 1. The van der Waals surface area contributed by atoms with Crippen LogP contribution in [0, 0.1) is 12.8 Å². The second-order valence-electron chi connectivity index (χ2n) is 6.84. The summed E-state index contributed by atoms with van der Waals surface area (Å²) in [4.78, 5) is 13.2. The third-order valence-corrected chi connectivity index (χ3v) is 6.20. The van der Waals surface area contributed by atoms with Crippen LogP contribution in [-0.2, 0) is 10.0 Å². The lowest BCUT2D eigenvalue weighted by Crippen LogP contribution is -2.35. The molecule has 4 nitrogen and oxygen atoms in total. The molecule has 0 radical (unpaired) electrons. The SMILES string of the molecule is Cc1ccc(S(=O)(=O)N[C@@H](c2ccccc2)[C@H](C)C(=O)c2ccccc2)cc1. The van der Waals surface area contributed by atoms with Crippen LogP contribution in [0.2, 0.25) is 0 Å². The molecule has 0 heterocycles. The van der Waals surface area contributed by atoms with Gasteiger partial charge in [0.1, 0.15) is 0 Å². The van der Waals surface area contributed by atoms with E-state index < -0.39 is 22.0 Å². The van der Waals surface area contributed by atoms with E-state index in [1.165, 1.54) is 0 Å². The summed E-state index contributed by atoms with van der Waals surface area (Å²) < 4.78 is 28.7. The second kappa shape index (κ2) is 8.50. The van der Waals surface area contributed by atoms with Gasteiger partial charge >= 0.3 is 0 Å². The zero-order valence-electron chi connectivity index (χ0n) is 15.9. The lowest BCUT2D eigenvalue weighted by atomic mass is 9.89. The van der Waals surface area contributed by atoms with Crippen molar-refractivity contribution in [3.63, 3.8) is 0 Å². The molecule has 0 amide bonds. The van der Waals surface area contributed by atoms with Crippen molar-refractivity contribution in [2.24, 2.45) is 5.92 Å². The van der Waals surface area contributed by atoms with Crippen molar-refractivity contribution >= 4 is 15.8 Å². The first-order chi connectivity index (χ1) is 13.4. The van der Waals surface area contributed by atoms with Gasteiger partial charge < -0.3 is 0 Å². The highest BCUT2D eigenvalue weighted by molar-refractivity contribution is 7.89. The smallest absolute Gasteiger partial charge is 0.241 e. The third-order valence-electron chi connectivity index (χ3n) is 4.74. The first kappa shape index (κ1) is 20.0. The standard InChI is InChI=1S/C23H23NO3S/c1-17-13-15-21(16-14-17)28(26,27)24-22(19-9-5-3-6-10-19)18(2)23(25)20-11-7-4-8-12-20/h3-16,18,22,24H,1-2H3/t18-,22+/m0/s1. The molecule has 0 unspecified atom stereocenters. The number of hydrogen-bond acceptors (Lipinski definition) is 3. The monoisotopic (exact) mass is 393 g/mol. The number of rotatable bonds is 7. The van der Waals surface area contributed by atoms with Gasteiger partial charge in [-0.25, -0.2) is 13.1 Å². The minimum atomic E-state index is -3.79. The average molecular weight is 394 g/mol. The minimum absolute atomic E-state index is 0.110. The maximum atomic E-state index is 13.0. The van der Waals surface area contributed by atoms with E-state index in [9.17, 15) is 13.2 Å². The highest BCUT2D eigenvalue weighted by Gasteiger charge is 2.30. The van der Waals surface area contributed by atoms with Gasteiger partial charge in [0.25, 0.3) is 0 Å².